The first-order valence-electron chi connectivity index (χ1n) is 8.39. The van der Waals surface area contributed by atoms with E-state index in [0.29, 0.717) is 6.42 Å². The maximum absolute atomic E-state index is 12.3. The molecule has 128 valence electrons. The Morgan fingerprint density at radius 2 is 1.83 bits per heavy atom. The van der Waals surface area contributed by atoms with E-state index in [9.17, 15) is 4.79 Å². The van der Waals surface area contributed by atoms with Gasteiger partial charge in [-0.1, -0.05) is 44.2 Å². The highest BCUT2D eigenvalue weighted by Crippen LogP contribution is 2.19. The van der Waals surface area contributed by atoms with Crippen molar-refractivity contribution in [2.45, 2.75) is 26.8 Å². The van der Waals surface area contributed by atoms with E-state index >= 15 is 0 Å². The number of anilines is 1. The zero-order valence-corrected chi connectivity index (χ0v) is 14.7. The van der Waals surface area contributed by atoms with E-state index in [4.69, 9.17) is 4.74 Å². The van der Waals surface area contributed by atoms with Crippen LogP contribution in [0.25, 0.3) is 0 Å². The third-order valence-corrected chi connectivity index (χ3v) is 4.05. The summed E-state index contributed by atoms with van der Waals surface area (Å²) < 4.78 is 5.30. The number of rotatable bonds is 8. The molecule has 0 aliphatic carbocycles. The van der Waals surface area contributed by atoms with Gasteiger partial charge in [-0.2, -0.15) is 0 Å². The summed E-state index contributed by atoms with van der Waals surface area (Å²) in [6.45, 7) is 7.23. The lowest BCUT2D eigenvalue weighted by Crippen LogP contribution is -2.22. The number of nitrogens with zero attached hydrogens (tertiary/aromatic N) is 1. The van der Waals surface area contributed by atoms with E-state index in [0.717, 1.165) is 36.6 Å². The van der Waals surface area contributed by atoms with Gasteiger partial charge in [0.2, 0.25) is 5.91 Å². The van der Waals surface area contributed by atoms with Crippen molar-refractivity contribution in [3.63, 3.8) is 0 Å². The Balaban J connectivity index is 2.01. The summed E-state index contributed by atoms with van der Waals surface area (Å²) >= 11 is 0. The summed E-state index contributed by atoms with van der Waals surface area (Å²) in [5.74, 6) is 0.697. The van der Waals surface area contributed by atoms with Gasteiger partial charge >= 0.3 is 0 Å². The number of ether oxygens (including phenoxy) is 1. The summed E-state index contributed by atoms with van der Waals surface area (Å²) in [6.07, 6.45) is 0.296. The van der Waals surface area contributed by atoms with Gasteiger partial charge in [-0.15, -0.1) is 0 Å². The quantitative estimate of drug-likeness (QED) is 0.804. The van der Waals surface area contributed by atoms with Crippen molar-refractivity contribution in [1.29, 1.82) is 0 Å². The van der Waals surface area contributed by atoms with Crippen LogP contribution in [0.15, 0.2) is 48.5 Å². The van der Waals surface area contributed by atoms with Crippen LogP contribution in [0.5, 0.6) is 5.75 Å². The first-order valence-corrected chi connectivity index (χ1v) is 8.39. The fourth-order valence-electron chi connectivity index (χ4n) is 2.68. The second-order valence-electron chi connectivity index (χ2n) is 5.70. The van der Waals surface area contributed by atoms with Crippen molar-refractivity contribution in [3.8, 4) is 5.75 Å². The number of methoxy groups -OCH3 is 1. The van der Waals surface area contributed by atoms with Crippen LogP contribution < -0.4 is 10.1 Å². The van der Waals surface area contributed by atoms with Crippen LogP contribution in [-0.2, 0) is 17.8 Å². The molecule has 4 heteroatoms. The molecule has 1 amide bonds. The number of carbonyl (C=O) groups excluding carboxylic acids is 1. The largest absolute Gasteiger partial charge is 0.496 e. The maximum atomic E-state index is 12.3. The normalized spacial score (nSPS) is 10.7. The molecular formula is C20H26N2O2. The van der Waals surface area contributed by atoms with E-state index in [2.05, 4.69) is 30.1 Å². The molecule has 2 rings (SSSR count). The summed E-state index contributed by atoms with van der Waals surface area (Å²) in [5.41, 5.74) is 2.92. The molecule has 2 aromatic carbocycles. The number of carbonyl (C=O) groups is 1. The molecule has 0 radical (unpaired) electrons. The van der Waals surface area contributed by atoms with Crippen LogP contribution in [0, 0.1) is 0 Å². The number of hydrogen-bond donors (Lipinski definition) is 1. The minimum absolute atomic E-state index is 0.0421. The second-order valence-corrected chi connectivity index (χ2v) is 5.70. The molecule has 0 aliphatic rings. The molecule has 0 unspecified atom stereocenters. The van der Waals surface area contributed by atoms with Gasteiger partial charge in [0, 0.05) is 17.8 Å². The Kier molecular flexibility index (Phi) is 6.82. The molecule has 0 spiro atoms. The lowest BCUT2D eigenvalue weighted by Gasteiger charge is -2.18. The van der Waals surface area contributed by atoms with Crippen molar-refractivity contribution in [1.82, 2.24) is 4.90 Å². The molecule has 0 bridgehead atoms. The topological polar surface area (TPSA) is 41.6 Å². The maximum Gasteiger partial charge on any atom is 0.228 e. The minimum atomic E-state index is -0.0421. The van der Waals surface area contributed by atoms with Crippen molar-refractivity contribution >= 4 is 11.6 Å². The molecule has 0 atom stereocenters. The lowest BCUT2D eigenvalue weighted by atomic mass is 10.1. The van der Waals surface area contributed by atoms with E-state index in [1.54, 1.807) is 7.11 Å². The molecule has 24 heavy (non-hydrogen) atoms. The van der Waals surface area contributed by atoms with Gasteiger partial charge in [-0.05, 0) is 36.9 Å². The van der Waals surface area contributed by atoms with Gasteiger partial charge in [-0.25, -0.2) is 0 Å². The van der Waals surface area contributed by atoms with Crippen LogP contribution in [0.3, 0.4) is 0 Å². The van der Waals surface area contributed by atoms with Gasteiger partial charge in [-0.3, -0.25) is 9.69 Å². The van der Waals surface area contributed by atoms with Crippen molar-refractivity contribution in [2.24, 2.45) is 0 Å². The number of benzene rings is 2. The molecule has 0 aliphatic heterocycles. The molecule has 0 saturated carbocycles. The smallest absolute Gasteiger partial charge is 0.228 e. The van der Waals surface area contributed by atoms with Crippen LogP contribution in [0.2, 0.25) is 0 Å². The van der Waals surface area contributed by atoms with E-state index < -0.39 is 0 Å². The highest BCUT2D eigenvalue weighted by molar-refractivity contribution is 5.92. The SMILES string of the molecule is CCN(CC)Cc1cccc(NC(=O)Cc2ccccc2OC)c1. The fourth-order valence-corrected chi connectivity index (χ4v) is 2.68. The Bertz CT molecular complexity index is 666. The van der Waals surface area contributed by atoms with Crippen molar-refractivity contribution in [3.05, 3.63) is 59.7 Å². The zero-order valence-electron chi connectivity index (χ0n) is 14.7. The third-order valence-electron chi connectivity index (χ3n) is 4.05. The van der Waals surface area contributed by atoms with Crippen molar-refractivity contribution in [2.75, 3.05) is 25.5 Å². The predicted molar refractivity (Wildman–Crippen MR) is 98.4 cm³/mol. The highest BCUT2D eigenvalue weighted by Gasteiger charge is 2.09. The van der Waals surface area contributed by atoms with Crippen LogP contribution in [0.4, 0.5) is 5.69 Å². The standard InChI is InChI=1S/C20H26N2O2/c1-4-22(5-2)15-16-9-8-11-18(13-16)21-20(23)14-17-10-6-7-12-19(17)24-3/h6-13H,4-5,14-15H2,1-3H3,(H,21,23). The average molecular weight is 326 g/mol. The van der Waals surface area contributed by atoms with Gasteiger partial charge < -0.3 is 10.1 Å². The zero-order chi connectivity index (χ0) is 17.4. The minimum Gasteiger partial charge on any atom is -0.496 e. The van der Waals surface area contributed by atoms with Gasteiger partial charge in [0.25, 0.3) is 0 Å². The second kappa shape index (κ2) is 9.08. The van der Waals surface area contributed by atoms with E-state index in [1.807, 2.05) is 42.5 Å². The highest BCUT2D eigenvalue weighted by atomic mass is 16.5. The first kappa shape index (κ1) is 18.0. The van der Waals surface area contributed by atoms with Crippen molar-refractivity contribution < 1.29 is 9.53 Å². The Morgan fingerprint density at radius 1 is 1.08 bits per heavy atom. The molecule has 0 fully saturated rings. The van der Waals surface area contributed by atoms with Gasteiger partial charge in [0.05, 0.1) is 13.5 Å². The number of amides is 1. The average Bonchev–Trinajstić information content (AvgIpc) is 2.60. The van der Waals surface area contributed by atoms with Gasteiger partial charge in [0.1, 0.15) is 5.75 Å². The number of hydrogen-bond acceptors (Lipinski definition) is 3. The Morgan fingerprint density at radius 3 is 2.54 bits per heavy atom. The molecule has 2 aromatic rings. The summed E-state index contributed by atoms with van der Waals surface area (Å²) in [7, 11) is 1.62. The molecule has 4 nitrogen and oxygen atoms in total. The summed E-state index contributed by atoms with van der Waals surface area (Å²) in [6, 6.07) is 15.6. The molecular weight excluding hydrogens is 300 g/mol. The Labute approximate surface area is 144 Å². The molecule has 1 N–H and O–H groups in total. The number of para-hydroxylation sites is 1. The molecule has 0 aromatic heterocycles. The van der Waals surface area contributed by atoms with Crippen LogP contribution >= 0.6 is 0 Å². The number of nitrogens with one attached hydrogen (secondary N) is 1. The summed E-state index contributed by atoms with van der Waals surface area (Å²) in [5, 5.41) is 2.98. The predicted octanol–water partition coefficient (Wildman–Crippen LogP) is 3.72. The van der Waals surface area contributed by atoms with Crippen LogP contribution in [-0.4, -0.2) is 31.0 Å². The first-order chi connectivity index (χ1) is 11.7. The Hall–Kier alpha value is -2.33. The fraction of sp³-hybridized carbons (Fsp3) is 0.350. The third kappa shape index (κ3) is 5.10. The van der Waals surface area contributed by atoms with E-state index in [1.165, 1.54) is 5.56 Å². The van der Waals surface area contributed by atoms with Gasteiger partial charge in [0.15, 0.2) is 0 Å². The summed E-state index contributed by atoms with van der Waals surface area (Å²) in [4.78, 5) is 14.7. The molecule has 0 heterocycles. The van der Waals surface area contributed by atoms with Crippen LogP contribution in [0.1, 0.15) is 25.0 Å². The lowest BCUT2D eigenvalue weighted by molar-refractivity contribution is -0.115. The monoisotopic (exact) mass is 326 g/mol. The van der Waals surface area contributed by atoms with E-state index in [-0.39, 0.29) is 5.91 Å². The molecule has 0 saturated heterocycles.